The maximum absolute atomic E-state index is 12.6. The van der Waals surface area contributed by atoms with Crippen molar-refractivity contribution < 1.29 is 9.59 Å². The van der Waals surface area contributed by atoms with E-state index in [0.717, 1.165) is 5.69 Å². The van der Waals surface area contributed by atoms with Crippen LogP contribution in [0.1, 0.15) is 22.3 Å². The number of nitrogens with zero attached hydrogens (tertiary/aromatic N) is 2. The van der Waals surface area contributed by atoms with Crippen LogP contribution in [-0.2, 0) is 11.2 Å². The molecule has 0 aliphatic heterocycles. The van der Waals surface area contributed by atoms with Crippen LogP contribution in [-0.4, -0.2) is 23.3 Å². The lowest BCUT2D eigenvalue weighted by molar-refractivity contribution is -0.118. The summed E-state index contributed by atoms with van der Waals surface area (Å²) in [7, 11) is 0. The molecule has 5 nitrogen and oxygen atoms in total. The Labute approximate surface area is 154 Å². The molecule has 0 fully saturated rings. The smallest absolute Gasteiger partial charge is 0.267 e. The Morgan fingerprint density at radius 2 is 1.92 bits per heavy atom. The fourth-order valence-corrected chi connectivity index (χ4v) is 3.70. The first-order chi connectivity index (χ1) is 12.2. The van der Waals surface area contributed by atoms with Crippen LogP contribution in [0, 0.1) is 0 Å². The second-order valence-corrected chi connectivity index (χ2v) is 7.03. The van der Waals surface area contributed by atoms with Gasteiger partial charge in [0.05, 0.1) is 17.0 Å². The van der Waals surface area contributed by atoms with E-state index >= 15 is 0 Å². The van der Waals surface area contributed by atoms with Crippen molar-refractivity contribution in [3.05, 3.63) is 63.8 Å². The molecule has 0 aliphatic carbocycles. The molecule has 7 heteroatoms. The summed E-state index contributed by atoms with van der Waals surface area (Å²) in [6.45, 7) is 2.54. The van der Waals surface area contributed by atoms with E-state index in [1.165, 1.54) is 22.7 Å². The van der Waals surface area contributed by atoms with E-state index in [2.05, 4.69) is 10.3 Å². The van der Waals surface area contributed by atoms with Gasteiger partial charge in [0.15, 0.2) is 5.13 Å². The molecule has 0 unspecified atom stereocenters. The summed E-state index contributed by atoms with van der Waals surface area (Å²) in [6, 6.07) is 13.2. The third kappa shape index (κ3) is 4.32. The van der Waals surface area contributed by atoms with Gasteiger partial charge in [-0.1, -0.05) is 24.3 Å². The van der Waals surface area contributed by atoms with Gasteiger partial charge in [0.25, 0.3) is 5.91 Å². The fourth-order valence-electron chi connectivity index (χ4n) is 2.37. The number of hydrogen-bond acceptors (Lipinski definition) is 5. The number of carbonyl (C=O) groups excluding carboxylic acids is 2. The Morgan fingerprint density at radius 3 is 2.60 bits per heavy atom. The molecule has 1 aromatic carbocycles. The Morgan fingerprint density at radius 1 is 1.12 bits per heavy atom. The summed E-state index contributed by atoms with van der Waals surface area (Å²) in [6.07, 6.45) is 0.202. The summed E-state index contributed by atoms with van der Waals surface area (Å²) < 4.78 is 0. The largest absolute Gasteiger partial charge is 0.312 e. The zero-order chi connectivity index (χ0) is 17.6. The van der Waals surface area contributed by atoms with Crippen molar-refractivity contribution in [3.8, 4) is 0 Å². The molecule has 3 rings (SSSR count). The summed E-state index contributed by atoms with van der Waals surface area (Å²) in [5, 5.41) is 6.93. The number of thiazole rings is 1. The minimum Gasteiger partial charge on any atom is -0.312 e. The Balaban J connectivity index is 1.64. The molecule has 0 radical (unpaired) electrons. The predicted octanol–water partition coefficient (Wildman–Crippen LogP) is 4.05. The van der Waals surface area contributed by atoms with E-state index in [4.69, 9.17) is 0 Å². The molecule has 0 saturated carbocycles. The molecule has 2 heterocycles. The van der Waals surface area contributed by atoms with Crippen molar-refractivity contribution in [2.24, 2.45) is 0 Å². The fraction of sp³-hybridized carbons (Fsp3) is 0.167. The first-order valence-corrected chi connectivity index (χ1v) is 9.58. The van der Waals surface area contributed by atoms with E-state index in [9.17, 15) is 9.59 Å². The van der Waals surface area contributed by atoms with Crippen molar-refractivity contribution in [1.82, 2.24) is 4.98 Å². The van der Waals surface area contributed by atoms with Crippen LogP contribution < -0.4 is 10.2 Å². The molecular weight excluding hydrogens is 354 g/mol. The topological polar surface area (TPSA) is 62.3 Å². The highest BCUT2D eigenvalue weighted by Gasteiger charge is 2.16. The maximum Gasteiger partial charge on any atom is 0.267 e. The third-order valence-corrected chi connectivity index (χ3v) is 5.21. The van der Waals surface area contributed by atoms with Gasteiger partial charge in [-0.3, -0.25) is 14.9 Å². The monoisotopic (exact) mass is 371 g/mol. The van der Waals surface area contributed by atoms with Crippen LogP contribution >= 0.6 is 22.7 Å². The molecule has 0 aliphatic rings. The van der Waals surface area contributed by atoms with Gasteiger partial charge in [0, 0.05) is 17.6 Å². The standard InChI is InChI=1S/C18H17N3O2S2/c1-2-21(14-7-4-3-5-8-14)16(22)11-13-12-25-18(19-13)20-17(23)15-9-6-10-24-15/h3-10,12H,2,11H2,1H3,(H,19,20,23). The SMILES string of the molecule is CCN(C(=O)Cc1csc(NC(=O)c2cccs2)n1)c1ccccc1. The summed E-state index contributed by atoms with van der Waals surface area (Å²) in [5.41, 5.74) is 1.53. The lowest BCUT2D eigenvalue weighted by Crippen LogP contribution is -2.32. The Kier molecular flexibility index (Phi) is 5.57. The summed E-state index contributed by atoms with van der Waals surface area (Å²) in [4.78, 5) is 31.3. The first kappa shape index (κ1) is 17.3. The highest BCUT2D eigenvalue weighted by molar-refractivity contribution is 7.14. The molecule has 2 amide bonds. The lowest BCUT2D eigenvalue weighted by Gasteiger charge is -2.20. The van der Waals surface area contributed by atoms with Gasteiger partial charge in [0.1, 0.15) is 0 Å². The second-order valence-electron chi connectivity index (χ2n) is 5.23. The van der Waals surface area contributed by atoms with E-state index in [1.54, 1.807) is 16.3 Å². The highest BCUT2D eigenvalue weighted by atomic mass is 32.1. The minimum absolute atomic E-state index is 0.0184. The van der Waals surface area contributed by atoms with Gasteiger partial charge in [0.2, 0.25) is 5.91 Å². The van der Waals surface area contributed by atoms with Crippen LogP contribution in [0.25, 0.3) is 0 Å². The normalized spacial score (nSPS) is 10.4. The number of rotatable bonds is 6. The van der Waals surface area contributed by atoms with Gasteiger partial charge in [-0.2, -0.15) is 0 Å². The molecular formula is C18H17N3O2S2. The van der Waals surface area contributed by atoms with Gasteiger partial charge in [-0.05, 0) is 30.5 Å². The Hall–Kier alpha value is -2.51. The number of carbonyl (C=O) groups is 2. The van der Waals surface area contributed by atoms with E-state index in [0.29, 0.717) is 22.2 Å². The summed E-state index contributed by atoms with van der Waals surface area (Å²) in [5.74, 6) is -0.197. The average Bonchev–Trinajstić information content (AvgIpc) is 3.29. The number of hydrogen-bond donors (Lipinski definition) is 1. The molecule has 0 spiro atoms. The van der Waals surface area contributed by atoms with E-state index in [-0.39, 0.29) is 18.2 Å². The number of para-hydroxylation sites is 1. The zero-order valence-corrected chi connectivity index (χ0v) is 15.3. The predicted molar refractivity (Wildman–Crippen MR) is 103 cm³/mol. The Bertz CT molecular complexity index is 844. The van der Waals surface area contributed by atoms with Gasteiger partial charge in [-0.15, -0.1) is 22.7 Å². The third-order valence-electron chi connectivity index (χ3n) is 3.53. The van der Waals surface area contributed by atoms with Gasteiger partial charge >= 0.3 is 0 Å². The van der Waals surface area contributed by atoms with Gasteiger partial charge < -0.3 is 4.90 Å². The van der Waals surface area contributed by atoms with E-state index in [1.807, 2.05) is 48.7 Å². The van der Waals surface area contributed by atoms with Crippen LogP contribution in [0.2, 0.25) is 0 Å². The molecule has 0 atom stereocenters. The molecule has 128 valence electrons. The van der Waals surface area contributed by atoms with Crippen LogP contribution in [0.15, 0.2) is 53.2 Å². The van der Waals surface area contributed by atoms with Crippen molar-refractivity contribution in [2.45, 2.75) is 13.3 Å². The van der Waals surface area contributed by atoms with Crippen LogP contribution in [0.4, 0.5) is 10.8 Å². The first-order valence-electron chi connectivity index (χ1n) is 7.82. The number of aromatic nitrogens is 1. The lowest BCUT2D eigenvalue weighted by atomic mass is 10.2. The van der Waals surface area contributed by atoms with Crippen molar-refractivity contribution in [3.63, 3.8) is 0 Å². The number of benzene rings is 1. The molecule has 0 saturated heterocycles. The van der Waals surface area contributed by atoms with Gasteiger partial charge in [-0.25, -0.2) is 4.98 Å². The summed E-state index contributed by atoms with van der Waals surface area (Å²) >= 11 is 2.70. The number of anilines is 2. The highest BCUT2D eigenvalue weighted by Crippen LogP contribution is 2.20. The second kappa shape index (κ2) is 8.04. The number of amides is 2. The molecule has 1 N–H and O–H groups in total. The molecule has 2 aromatic heterocycles. The van der Waals surface area contributed by atoms with E-state index < -0.39 is 0 Å². The molecule has 3 aromatic rings. The van der Waals surface area contributed by atoms with Crippen LogP contribution in [0.5, 0.6) is 0 Å². The number of nitrogens with one attached hydrogen (secondary N) is 1. The average molecular weight is 371 g/mol. The maximum atomic E-state index is 12.6. The molecule has 0 bridgehead atoms. The zero-order valence-electron chi connectivity index (χ0n) is 13.6. The number of thiophene rings is 1. The minimum atomic E-state index is -0.179. The van der Waals surface area contributed by atoms with Crippen molar-refractivity contribution in [2.75, 3.05) is 16.8 Å². The van der Waals surface area contributed by atoms with Crippen LogP contribution in [0.3, 0.4) is 0 Å². The van der Waals surface area contributed by atoms with Crippen molar-refractivity contribution in [1.29, 1.82) is 0 Å². The number of likely N-dealkylation sites (N-methyl/N-ethyl adjacent to an activating group) is 1. The molecule has 25 heavy (non-hydrogen) atoms. The van der Waals surface area contributed by atoms with Crippen molar-refractivity contribution >= 4 is 45.3 Å². The quantitative estimate of drug-likeness (QED) is 0.711.